The molecule has 0 saturated carbocycles. The fourth-order valence-electron chi connectivity index (χ4n) is 2.18. The predicted molar refractivity (Wildman–Crippen MR) is 86.9 cm³/mol. The van der Waals surface area contributed by atoms with Gasteiger partial charge >= 0.3 is 94.4 Å². The number of nitrogens with zero attached hydrogens (tertiary/aromatic N) is 1. The van der Waals surface area contributed by atoms with Crippen molar-refractivity contribution in [3.05, 3.63) is 33.1 Å². The number of aliphatic hydroxyl groups excluding tert-OH is 2. The quantitative estimate of drug-likeness (QED) is 0.168. The molecule has 166 valence electrons. The molecule has 0 amide bonds. The van der Waals surface area contributed by atoms with Crippen LogP contribution in [0.25, 0.3) is 0 Å². The second kappa shape index (κ2) is 14.3. The fourth-order valence-corrected chi connectivity index (χ4v) is 6.63. The summed E-state index contributed by atoms with van der Waals surface area (Å²) in [5.41, 5.74) is -1.64. The van der Waals surface area contributed by atoms with Gasteiger partial charge < -0.3 is 34.3 Å². The van der Waals surface area contributed by atoms with E-state index in [9.17, 15) is 48.2 Å². The molecule has 0 aromatic carbocycles. The first kappa shape index (κ1) is 36.5. The van der Waals surface area contributed by atoms with E-state index in [0.717, 1.165) is 16.8 Å². The van der Waals surface area contributed by atoms with Crippen molar-refractivity contribution in [1.29, 1.82) is 0 Å². The largest absolute Gasteiger partial charge is 1.00 e. The zero-order valence-corrected chi connectivity index (χ0v) is 26.2. The Hall–Kier alpha value is 2.36. The van der Waals surface area contributed by atoms with Crippen molar-refractivity contribution in [2.45, 2.75) is 22.8 Å². The summed E-state index contributed by atoms with van der Waals surface area (Å²) in [6.45, 7) is -0.966. The molecule has 1 aliphatic rings. The van der Waals surface area contributed by atoms with Crippen LogP contribution >= 0.6 is 35.2 Å². The van der Waals surface area contributed by atoms with Crippen LogP contribution in [0, 0.1) is 0 Å². The third kappa shape index (κ3) is 11.2. The van der Waals surface area contributed by atoms with Crippen molar-refractivity contribution in [2.24, 2.45) is 0 Å². The second-order valence-corrected chi connectivity index (χ2v) is 11.0. The molecule has 2 heterocycles. The number of phosphoric ester groups is 1. The molecule has 1 aliphatic heterocycles. The number of phosphoric acid groups is 3. The van der Waals surface area contributed by atoms with Crippen LogP contribution in [-0.4, -0.2) is 48.7 Å². The number of H-pyrrole nitrogens is 1. The summed E-state index contributed by atoms with van der Waals surface area (Å²) in [4.78, 5) is 66.1. The van der Waals surface area contributed by atoms with E-state index in [1.807, 2.05) is 4.98 Å². The third-order valence-corrected chi connectivity index (χ3v) is 8.50. The summed E-state index contributed by atoms with van der Waals surface area (Å²) in [5, 5.41) is 17.7. The summed E-state index contributed by atoms with van der Waals surface area (Å²) < 4.78 is 44.6. The average Bonchev–Trinajstić information content (AvgIpc) is 2.78. The molecule has 16 nitrogen and oxygen atoms in total. The average molecular weight is 566 g/mol. The maximum absolute atomic E-state index is 11.8. The van der Waals surface area contributed by atoms with Crippen molar-refractivity contribution >= 4 is 35.2 Å². The van der Waals surface area contributed by atoms with E-state index in [2.05, 4.69) is 13.1 Å². The van der Waals surface area contributed by atoms with E-state index in [-0.39, 0.29) is 88.7 Å². The molecule has 1 saturated heterocycles. The zero-order chi connectivity index (χ0) is 22.2. The molecule has 1 aromatic heterocycles. The Morgan fingerprint density at radius 1 is 1.03 bits per heavy atom. The van der Waals surface area contributed by atoms with E-state index >= 15 is 0 Å². The summed E-state index contributed by atoms with van der Waals surface area (Å²) >= 11 is 0.656. The van der Waals surface area contributed by atoms with Gasteiger partial charge in [0.15, 0.2) is 0 Å². The van der Waals surface area contributed by atoms with Crippen molar-refractivity contribution < 1.29 is 145 Å². The third-order valence-electron chi connectivity index (χ3n) is 3.26. The monoisotopic (exact) mass is 566 g/mol. The number of hydrogen-bond acceptors (Lipinski definition) is 14. The SMILES string of the molecule is O=c1ccn([C@@H]2S[C@H](COP(=O)([O-])OP(=O)([O-])OP(=O)([O-])O)[C@@H](O)[C@H]2O)c(=O)[nH]1.[Na+].[Na+].[Na+]. The molecule has 23 heteroatoms. The van der Waals surface area contributed by atoms with Crippen molar-refractivity contribution in [3.63, 3.8) is 0 Å². The number of rotatable bonds is 8. The summed E-state index contributed by atoms with van der Waals surface area (Å²) in [7, 11) is -17.7. The molecular formula is C9H12N2Na3O14P3S. The molecule has 0 spiro atoms. The van der Waals surface area contributed by atoms with E-state index in [1.165, 1.54) is 0 Å². The minimum atomic E-state index is -6.07. The van der Waals surface area contributed by atoms with E-state index < -0.39 is 64.2 Å². The van der Waals surface area contributed by atoms with E-state index in [0.29, 0.717) is 11.8 Å². The van der Waals surface area contributed by atoms with Gasteiger partial charge in [0.1, 0.15) is 11.5 Å². The molecule has 0 bridgehead atoms. The van der Waals surface area contributed by atoms with Crippen LogP contribution in [0.2, 0.25) is 0 Å². The first-order valence-electron chi connectivity index (χ1n) is 7.16. The molecule has 2 rings (SSSR count). The van der Waals surface area contributed by atoms with Crippen LogP contribution in [-0.2, 0) is 26.8 Å². The van der Waals surface area contributed by atoms with E-state index in [4.69, 9.17) is 4.89 Å². The number of thioether (sulfide) groups is 1. The second-order valence-electron chi connectivity index (χ2n) is 5.39. The molecule has 0 radical (unpaired) electrons. The minimum Gasteiger partial charge on any atom is -0.756 e. The molecule has 0 aliphatic carbocycles. The van der Waals surface area contributed by atoms with Crippen LogP contribution in [0.3, 0.4) is 0 Å². The first-order chi connectivity index (χ1) is 13.1. The van der Waals surface area contributed by atoms with Gasteiger partial charge in [-0.15, -0.1) is 11.8 Å². The number of nitrogens with one attached hydrogen (secondary N) is 1. The van der Waals surface area contributed by atoms with Crippen LogP contribution in [0.4, 0.5) is 0 Å². The standard InChI is InChI=1S/C9H15N2O14P3S.3Na/c12-5-1-2-11(9(15)10-5)8-7(14)6(13)4(29-8)3-23-27(19,20)25-28(21,22)24-26(16,17)18;;;/h1-2,4,6-8,13-14H,3H2,(H,19,20)(H,21,22)(H,10,12,15)(H2,16,17,18);;;/q;3*+1/p-3/t4-,6-,7-,8-;;;/m1.../s1. The Morgan fingerprint density at radius 2 is 1.59 bits per heavy atom. The van der Waals surface area contributed by atoms with Gasteiger partial charge in [0.05, 0.1) is 18.0 Å². The molecule has 7 atom stereocenters. The normalized spacial score (nSPS) is 28.1. The maximum Gasteiger partial charge on any atom is 1.00 e. The molecule has 1 aromatic rings. The number of aromatic nitrogens is 2. The number of hydrogen-bond donors (Lipinski definition) is 4. The molecule has 32 heavy (non-hydrogen) atoms. The van der Waals surface area contributed by atoms with Crippen molar-refractivity contribution in [1.82, 2.24) is 9.55 Å². The van der Waals surface area contributed by atoms with Crippen LogP contribution in [0.1, 0.15) is 5.37 Å². The topological polar surface area (TPSA) is 264 Å². The van der Waals surface area contributed by atoms with Crippen LogP contribution in [0.15, 0.2) is 21.9 Å². The van der Waals surface area contributed by atoms with Gasteiger partial charge in [0.25, 0.3) is 29.0 Å². The number of aromatic amines is 1. The summed E-state index contributed by atoms with van der Waals surface area (Å²) in [6.07, 6.45) is -2.24. The fraction of sp³-hybridized carbons (Fsp3) is 0.556. The van der Waals surface area contributed by atoms with Crippen LogP contribution in [0.5, 0.6) is 0 Å². The Kier molecular flexibility index (Phi) is 16.4. The van der Waals surface area contributed by atoms with Gasteiger partial charge in [-0.3, -0.25) is 28.0 Å². The van der Waals surface area contributed by atoms with Gasteiger partial charge in [0, 0.05) is 12.3 Å². The first-order valence-corrected chi connectivity index (χ1v) is 12.5. The number of aliphatic hydroxyl groups is 2. The Balaban J connectivity index is 0. The molecule has 1 fully saturated rings. The molecule has 4 N–H and O–H groups in total. The molecular weight excluding hydrogens is 554 g/mol. The van der Waals surface area contributed by atoms with Crippen LogP contribution < -0.4 is 115 Å². The predicted octanol–water partition coefficient (Wildman–Crippen LogP) is -12.7. The van der Waals surface area contributed by atoms with Gasteiger partial charge in [-0.25, -0.2) is 13.4 Å². The van der Waals surface area contributed by atoms with E-state index in [1.54, 1.807) is 0 Å². The Morgan fingerprint density at radius 3 is 2.09 bits per heavy atom. The Labute approximate surface area is 249 Å². The van der Waals surface area contributed by atoms with Crippen molar-refractivity contribution in [2.75, 3.05) is 6.61 Å². The summed E-state index contributed by atoms with van der Waals surface area (Å²) in [5.74, 6) is 0. The summed E-state index contributed by atoms with van der Waals surface area (Å²) in [6, 6.07) is 0.965. The van der Waals surface area contributed by atoms with Gasteiger partial charge in [-0.2, -0.15) is 0 Å². The maximum atomic E-state index is 11.8. The van der Waals surface area contributed by atoms with Gasteiger partial charge in [-0.1, -0.05) is 0 Å². The minimum absolute atomic E-state index is 0. The smallest absolute Gasteiger partial charge is 0.756 e. The zero-order valence-electron chi connectivity index (χ0n) is 16.7. The Bertz CT molecular complexity index is 1020. The molecule has 3 unspecified atom stereocenters. The van der Waals surface area contributed by atoms with Crippen molar-refractivity contribution in [3.8, 4) is 0 Å². The van der Waals surface area contributed by atoms with Gasteiger partial charge in [-0.05, 0) is 0 Å². The van der Waals surface area contributed by atoms with Gasteiger partial charge in [0.2, 0.25) is 0 Å².